The van der Waals surface area contributed by atoms with Gasteiger partial charge in [-0.05, 0) is 48.5 Å². The zero-order valence-corrected chi connectivity index (χ0v) is 15.3. The third-order valence-corrected chi connectivity index (χ3v) is 4.26. The second kappa shape index (κ2) is 8.77. The molecule has 1 aliphatic rings. The van der Waals surface area contributed by atoms with Gasteiger partial charge in [0.25, 0.3) is 0 Å². The number of carbonyl (C=O) groups excluding carboxylic acids is 2. The van der Waals surface area contributed by atoms with E-state index in [-0.39, 0.29) is 19.3 Å². The van der Waals surface area contributed by atoms with Gasteiger partial charge in [-0.25, -0.2) is 9.59 Å². The maximum absolute atomic E-state index is 12.1. The first kappa shape index (κ1) is 19.0. The van der Waals surface area contributed by atoms with Crippen molar-refractivity contribution in [3.63, 3.8) is 0 Å². The van der Waals surface area contributed by atoms with E-state index < -0.39 is 12.2 Å². The maximum atomic E-state index is 12.1. The van der Waals surface area contributed by atoms with Crippen molar-refractivity contribution in [3.8, 4) is 11.8 Å². The van der Waals surface area contributed by atoms with E-state index in [1.165, 1.54) is 0 Å². The van der Waals surface area contributed by atoms with Crippen molar-refractivity contribution in [1.82, 2.24) is 0 Å². The molecule has 2 aromatic rings. The second-order valence-electron chi connectivity index (χ2n) is 6.04. The van der Waals surface area contributed by atoms with E-state index in [0.717, 1.165) is 0 Å². The number of benzene rings is 2. The molecule has 8 heteroatoms. The van der Waals surface area contributed by atoms with Gasteiger partial charge in [-0.1, -0.05) is 0 Å². The largest absolute Gasteiger partial charge is 0.497 e. The van der Waals surface area contributed by atoms with Crippen molar-refractivity contribution in [2.75, 3.05) is 30.5 Å². The fourth-order valence-electron chi connectivity index (χ4n) is 2.80. The molecule has 1 atom stereocenters. The summed E-state index contributed by atoms with van der Waals surface area (Å²) in [6.07, 6.45) is -0.610. The number of hydrogen-bond donors (Lipinski definition) is 1. The molecule has 8 nitrogen and oxygen atoms in total. The van der Waals surface area contributed by atoms with Gasteiger partial charge in [0.2, 0.25) is 0 Å². The molecule has 1 aliphatic heterocycles. The van der Waals surface area contributed by atoms with E-state index >= 15 is 0 Å². The molecule has 144 valence electrons. The molecule has 0 saturated carbocycles. The van der Waals surface area contributed by atoms with Crippen molar-refractivity contribution in [2.45, 2.75) is 12.5 Å². The summed E-state index contributed by atoms with van der Waals surface area (Å²) in [6, 6.07) is 15.3. The summed E-state index contributed by atoms with van der Waals surface area (Å²) in [5, 5.41) is 11.4. The summed E-state index contributed by atoms with van der Waals surface area (Å²) >= 11 is 0. The SMILES string of the molecule is COc1ccc(N2C(=O)OC[C@@H]2CCOC(=O)Nc2ccc(C#N)cc2)cc1. The Labute approximate surface area is 162 Å². The van der Waals surface area contributed by atoms with Gasteiger partial charge >= 0.3 is 12.2 Å². The Morgan fingerprint density at radius 2 is 1.96 bits per heavy atom. The lowest BCUT2D eigenvalue weighted by atomic mass is 10.2. The van der Waals surface area contributed by atoms with Gasteiger partial charge in [-0.15, -0.1) is 0 Å². The third-order valence-electron chi connectivity index (χ3n) is 4.26. The van der Waals surface area contributed by atoms with E-state index in [1.807, 2.05) is 6.07 Å². The quantitative estimate of drug-likeness (QED) is 0.821. The average molecular weight is 381 g/mol. The molecule has 0 spiro atoms. The molecule has 1 saturated heterocycles. The number of cyclic esters (lactones) is 1. The van der Waals surface area contributed by atoms with Gasteiger partial charge in [0.05, 0.1) is 31.4 Å². The molecule has 1 heterocycles. The van der Waals surface area contributed by atoms with Crippen LogP contribution in [0.3, 0.4) is 0 Å². The number of carbonyl (C=O) groups is 2. The first-order chi connectivity index (χ1) is 13.6. The lowest BCUT2D eigenvalue weighted by Gasteiger charge is -2.21. The average Bonchev–Trinajstić information content (AvgIpc) is 3.09. The first-order valence-electron chi connectivity index (χ1n) is 8.64. The van der Waals surface area contributed by atoms with Crippen molar-refractivity contribution < 1.29 is 23.8 Å². The summed E-state index contributed by atoms with van der Waals surface area (Å²) in [5.41, 5.74) is 1.72. The Morgan fingerprint density at radius 3 is 2.61 bits per heavy atom. The zero-order valence-electron chi connectivity index (χ0n) is 15.3. The van der Waals surface area contributed by atoms with E-state index in [0.29, 0.717) is 29.1 Å². The second-order valence-corrected chi connectivity index (χ2v) is 6.04. The highest BCUT2D eigenvalue weighted by Crippen LogP contribution is 2.26. The van der Waals surface area contributed by atoms with Crippen LogP contribution < -0.4 is 15.0 Å². The monoisotopic (exact) mass is 381 g/mol. The predicted molar refractivity (Wildman–Crippen MR) is 101 cm³/mol. The standard InChI is InChI=1S/C20H19N3O5/c1-26-18-8-6-16(7-9-18)23-17(13-28-20(23)25)10-11-27-19(24)22-15-4-2-14(12-21)3-5-15/h2-9,17H,10-11,13H2,1H3,(H,22,24)/t17-/m0/s1. The molecular weight excluding hydrogens is 362 g/mol. The number of hydrogen-bond acceptors (Lipinski definition) is 6. The van der Waals surface area contributed by atoms with E-state index in [4.69, 9.17) is 19.5 Å². The third kappa shape index (κ3) is 4.51. The van der Waals surface area contributed by atoms with Crippen molar-refractivity contribution in [1.29, 1.82) is 5.26 Å². The van der Waals surface area contributed by atoms with Gasteiger partial charge in [0, 0.05) is 17.8 Å². The van der Waals surface area contributed by atoms with Gasteiger partial charge in [0.15, 0.2) is 0 Å². The summed E-state index contributed by atoms with van der Waals surface area (Å²) in [6.45, 7) is 0.349. The number of nitrogens with one attached hydrogen (secondary N) is 1. The summed E-state index contributed by atoms with van der Waals surface area (Å²) < 4.78 is 15.5. The number of nitrogens with zero attached hydrogens (tertiary/aromatic N) is 2. The molecule has 0 bridgehead atoms. The lowest BCUT2D eigenvalue weighted by Crippen LogP contribution is -2.34. The Morgan fingerprint density at radius 1 is 1.25 bits per heavy atom. The van der Waals surface area contributed by atoms with Crippen LogP contribution in [-0.2, 0) is 9.47 Å². The minimum absolute atomic E-state index is 0.121. The van der Waals surface area contributed by atoms with E-state index in [1.54, 1.807) is 60.5 Å². The topological polar surface area (TPSA) is 101 Å². The van der Waals surface area contributed by atoms with Crippen LogP contribution in [0.25, 0.3) is 0 Å². The normalized spacial score (nSPS) is 15.5. The van der Waals surface area contributed by atoms with Crippen LogP contribution in [0.1, 0.15) is 12.0 Å². The molecule has 0 unspecified atom stereocenters. The van der Waals surface area contributed by atoms with Crippen LogP contribution in [0.5, 0.6) is 5.75 Å². The summed E-state index contributed by atoms with van der Waals surface area (Å²) in [7, 11) is 1.57. The molecule has 1 fully saturated rings. The van der Waals surface area contributed by atoms with Crippen LogP contribution in [0, 0.1) is 11.3 Å². The molecule has 0 aromatic heterocycles. The lowest BCUT2D eigenvalue weighted by molar-refractivity contribution is 0.153. The molecule has 2 amide bonds. The summed E-state index contributed by atoms with van der Waals surface area (Å²) in [5.74, 6) is 0.690. The maximum Gasteiger partial charge on any atom is 0.414 e. The van der Waals surface area contributed by atoms with Crippen LogP contribution in [0.2, 0.25) is 0 Å². The number of methoxy groups -OCH3 is 1. The van der Waals surface area contributed by atoms with Crippen molar-refractivity contribution in [3.05, 3.63) is 54.1 Å². The van der Waals surface area contributed by atoms with Gasteiger partial charge in [-0.3, -0.25) is 10.2 Å². The number of rotatable bonds is 6. The fraction of sp³-hybridized carbons (Fsp3) is 0.250. The number of anilines is 2. The Kier molecular flexibility index (Phi) is 5.97. The molecule has 2 aromatic carbocycles. The van der Waals surface area contributed by atoms with Gasteiger partial charge in [0.1, 0.15) is 12.4 Å². The minimum Gasteiger partial charge on any atom is -0.497 e. The molecule has 1 N–H and O–H groups in total. The van der Waals surface area contributed by atoms with Crippen LogP contribution >= 0.6 is 0 Å². The summed E-state index contributed by atoms with van der Waals surface area (Å²) in [4.78, 5) is 25.5. The number of nitriles is 1. The molecule has 28 heavy (non-hydrogen) atoms. The van der Waals surface area contributed by atoms with E-state index in [9.17, 15) is 9.59 Å². The van der Waals surface area contributed by atoms with Crippen molar-refractivity contribution in [2.24, 2.45) is 0 Å². The molecule has 0 aliphatic carbocycles. The minimum atomic E-state index is -0.606. The first-order valence-corrected chi connectivity index (χ1v) is 8.64. The van der Waals surface area contributed by atoms with Crippen LogP contribution in [0.4, 0.5) is 21.0 Å². The number of amides is 2. The fourth-order valence-corrected chi connectivity index (χ4v) is 2.80. The number of ether oxygens (including phenoxy) is 3. The molecule has 3 rings (SSSR count). The highest BCUT2D eigenvalue weighted by atomic mass is 16.6. The van der Waals surface area contributed by atoms with Crippen molar-refractivity contribution >= 4 is 23.6 Å². The molecular formula is C20H19N3O5. The Bertz CT molecular complexity index is 874. The van der Waals surface area contributed by atoms with Gasteiger partial charge in [-0.2, -0.15) is 5.26 Å². The zero-order chi connectivity index (χ0) is 19.9. The predicted octanol–water partition coefficient (Wildman–Crippen LogP) is 3.53. The van der Waals surface area contributed by atoms with Crippen LogP contribution in [0.15, 0.2) is 48.5 Å². The smallest absolute Gasteiger partial charge is 0.414 e. The Balaban J connectivity index is 1.51. The highest BCUT2D eigenvalue weighted by molar-refractivity contribution is 5.90. The Hall–Kier alpha value is -3.73. The van der Waals surface area contributed by atoms with Crippen LogP contribution in [-0.4, -0.2) is 38.6 Å². The molecule has 0 radical (unpaired) electrons. The van der Waals surface area contributed by atoms with E-state index in [2.05, 4.69) is 5.32 Å². The highest BCUT2D eigenvalue weighted by Gasteiger charge is 2.34. The van der Waals surface area contributed by atoms with Gasteiger partial charge < -0.3 is 14.2 Å².